The lowest BCUT2D eigenvalue weighted by atomic mass is 10.4. The summed E-state index contributed by atoms with van der Waals surface area (Å²) in [4.78, 5) is 7.47. The van der Waals surface area contributed by atoms with Gasteiger partial charge in [-0.1, -0.05) is 0 Å². The minimum Gasteiger partial charge on any atom is -0.226 e. The largest absolute Gasteiger partial charge is 0.226 e. The number of halogens is 1. The molecule has 1 heterocycles. The Morgan fingerprint density at radius 1 is 1.50 bits per heavy atom. The summed E-state index contributed by atoms with van der Waals surface area (Å²) in [6.07, 6.45) is 3.35. The highest BCUT2D eigenvalue weighted by Crippen LogP contribution is 1.97. The van der Waals surface area contributed by atoms with Gasteiger partial charge in [0, 0.05) is 13.8 Å². The fraction of sp³-hybridized carbons (Fsp3) is 0.200. The maximum absolute atomic E-state index is 5.39. The van der Waals surface area contributed by atoms with Crippen molar-refractivity contribution >= 4 is 11.6 Å². The lowest BCUT2D eigenvalue weighted by Gasteiger charge is -1.86. The lowest BCUT2D eigenvalue weighted by molar-refractivity contribution is 1.13. The third-order valence-electron chi connectivity index (χ3n) is 0.749. The molecule has 0 aromatic carbocycles. The van der Waals surface area contributed by atoms with Crippen LogP contribution in [0, 0.1) is 6.92 Å². The maximum atomic E-state index is 5.39. The van der Waals surface area contributed by atoms with Gasteiger partial charge in [-0.25, -0.2) is 9.97 Å². The summed E-state index contributed by atoms with van der Waals surface area (Å²) < 4.78 is 0. The van der Waals surface area contributed by atoms with Gasteiger partial charge in [0.1, 0.15) is 0 Å². The standard InChI is InChI=1S/C5H5ClN2.H2/c1-4-2-7-5(6)8-3-4;/h2-3H,1H3;1H. The van der Waals surface area contributed by atoms with E-state index in [9.17, 15) is 0 Å². The molecule has 8 heavy (non-hydrogen) atoms. The van der Waals surface area contributed by atoms with Gasteiger partial charge < -0.3 is 0 Å². The Kier molecular flexibility index (Phi) is 1.44. The number of aryl methyl sites for hydroxylation is 1. The van der Waals surface area contributed by atoms with Crippen molar-refractivity contribution in [2.75, 3.05) is 0 Å². The molecule has 0 N–H and O–H groups in total. The van der Waals surface area contributed by atoms with Crippen LogP contribution in [-0.2, 0) is 0 Å². The summed E-state index contributed by atoms with van der Waals surface area (Å²) in [5, 5.41) is 0.301. The highest BCUT2D eigenvalue weighted by Gasteiger charge is 1.84. The molecule has 0 atom stereocenters. The molecule has 0 aliphatic heterocycles. The average molecular weight is 131 g/mol. The second-order valence-electron chi connectivity index (χ2n) is 1.53. The Labute approximate surface area is 54.0 Å². The molecule has 0 aliphatic rings. The van der Waals surface area contributed by atoms with Crippen molar-refractivity contribution in [3.05, 3.63) is 23.2 Å². The number of hydrogen-bond acceptors (Lipinski definition) is 2. The van der Waals surface area contributed by atoms with Crippen molar-refractivity contribution in [2.45, 2.75) is 6.92 Å². The van der Waals surface area contributed by atoms with Crippen molar-refractivity contribution in [2.24, 2.45) is 0 Å². The molecule has 0 radical (unpaired) electrons. The first-order chi connectivity index (χ1) is 3.79. The number of nitrogens with zero attached hydrogens (tertiary/aromatic N) is 2. The van der Waals surface area contributed by atoms with E-state index in [-0.39, 0.29) is 1.43 Å². The van der Waals surface area contributed by atoms with Crippen LogP contribution in [0.1, 0.15) is 6.99 Å². The first-order valence-electron chi connectivity index (χ1n) is 2.23. The fourth-order valence-electron chi connectivity index (χ4n) is 0.377. The average Bonchev–Trinajstić information content (AvgIpc) is 1.77. The van der Waals surface area contributed by atoms with Gasteiger partial charge in [0.05, 0.1) is 0 Å². The summed E-state index contributed by atoms with van der Waals surface area (Å²) in [5.74, 6) is 0. The predicted octanol–water partition coefficient (Wildman–Crippen LogP) is 1.68. The quantitative estimate of drug-likeness (QED) is 0.500. The van der Waals surface area contributed by atoms with Crippen molar-refractivity contribution in [3.8, 4) is 0 Å². The Balaban J connectivity index is 0.000000640. The van der Waals surface area contributed by atoms with Gasteiger partial charge in [0.25, 0.3) is 0 Å². The van der Waals surface area contributed by atoms with Gasteiger partial charge in [0.2, 0.25) is 5.28 Å². The number of rotatable bonds is 0. The van der Waals surface area contributed by atoms with E-state index in [1.807, 2.05) is 6.92 Å². The zero-order chi connectivity index (χ0) is 5.98. The molecule has 3 heteroatoms. The van der Waals surface area contributed by atoms with Crippen LogP contribution in [0.5, 0.6) is 0 Å². The van der Waals surface area contributed by atoms with Crippen LogP contribution in [0.15, 0.2) is 12.4 Å². The first-order valence-corrected chi connectivity index (χ1v) is 2.61. The molecule has 44 valence electrons. The Hall–Kier alpha value is -0.630. The maximum Gasteiger partial charge on any atom is 0.222 e. The van der Waals surface area contributed by atoms with Crippen molar-refractivity contribution in [3.63, 3.8) is 0 Å². The van der Waals surface area contributed by atoms with Gasteiger partial charge in [0.15, 0.2) is 0 Å². The van der Waals surface area contributed by atoms with Gasteiger partial charge in [-0.15, -0.1) is 0 Å². The summed E-state index contributed by atoms with van der Waals surface area (Å²) in [6.45, 7) is 1.91. The van der Waals surface area contributed by atoms with E-state index >= 15 is 0 Å². The minimum atomic E-state index is 0. The summed E-state index contributed by atoms with van der Waals surface area (Å²) in [6, 6.07) is 0. The van der Waals surface area contributed by atoms with Crippen LogP contribution in [-0.4, -0.2) is 9.97 Å². The second kappa shape index (κ2) is 2.09. The third-order valence-corrected chi connectivity index (χ3v) is 0.945. The zero-order valence-electron chi connectivity index (χ0n) is 4.43. The summed E-state index contributed by atoms with van der Waals surface area (Å²) >= 11 is 5.39. The normalized spacial score (nSPS) is 9.25. The molecule has 1 aromatic heterocycles. The lowest BCUT2D eigenvalue weighted by Crippen LogP contribution is -1.80. The van der Waals surface area contributed by atoms with Crippen LogP contribution in [0.3, 0.4) is 0 Å². The molecule has 1 aromatic rings. The molecule has 0 amide bonds. The SMILES string of the molecule is Cc1cnc(Cl)nc1.[HH]. The smallest absolute Gasteiger partial charge is 0.222 e. The molecule has 0 spiro atoms. The molecular weight excluding hydrogens is 124 g/mol. The molecular formula is C5H7ClN2. The summed E-state index contributed by atoms with van der Waals surface area (Å²) in [5.41, 5.74) is 1.02. The molecule has 1 rings (SSSR count). The molecule has 2 nitrogen and oxygen atoms in total. The van der Waals surface area contributed by atoms with E-state index in [2.05, 4.69) is 9.97 Å². The fourth-order valence-corrected chi connectivity index (χ4v) is 0.474. The van der Waals surface area contributed by atoms with E-state index in [0.717, 1.165) is 5.56 Å². The van der Waals surface area contributed by atoms with Crippen molar-refractivity contribution in [1.29, 1.82) is 0 Å². The molecule has 0 aliphatic carbocycles. The molecule has 0 fully saturated rings. The highest BCUT2D eigenvalue weighted by molar-refractivity contribution is 6.28. The van der Waals surface area contributed by atoms with E-state index in [4.69, 9.17) is 11.6 Å². The van der Waals surface area contributed by atoms with Crippen LogP contribution in [0.25, 0.3) is 0 Å². The van der Waals surface area contributed by atoms with Gasteiger partial charge in [-0.2, -0.15) is 0 Å². The zero-order valence-corrected chi connectivity index (χ0v) is 5.18. The molecule has 0 saturated heterocycles. The van der Waals surface area contributed by atoms with Gasteiger partial charge in [-0.05, 0) is 24.1 Å². The first kappa shape index (κ1) is 5.51. The predicted molar refractivity (Wildman–Crippen MR) is 33.9 cm³/mol. The molecule has 0 saturated carbocycles. The number of aromatic nitrogens is 2. The van der Waals surface area contributed by atoms with E-state index in [1.54, 1.807) is 12.4 Å². The number of hydrogen-bond donors (Lipinski definition) is 0. The second-order valence-corrected chi connectivity index (χ2v) is 1.87. The van der Waals surface area contributed by atoms with Crippen LogP contribution >= 0.6 is 11.6 Å². The molecule has 0 bridgehead atoms. The molecule has 0 unspecified atom stereocenters. The van der Waals surface area contributed by atoms with Gasteiger partial charge >= 0.3 is 0 Å². The Morgan fingerprint density at radius 2 is 2.00 bits per heavy atom. The monoisotopic (exact) mass is 130 g/mol. The summed E-state index contributed by atoms with van der Waals surface area (Å²) in [7, 11) is 0. The van der Waals surface area contributed by atoms with Crippen molar-refractivity contribution in [1.82, 2.24) is 9.97 Å². The Bertz CT molecular complexity index is 154. The minimum absolute atomic E-state index is 0. The van der Waals surface area contributed by atoms with Crippen LogP contribution in [0.2, 0.25) is 5.28 Å². The Morgan fingerprint density at radius 3 is 2.38 bits per heavy atom. The van der Waals surface area contributed by atoms with Crippen LogP contribution in [0.4, 0.5) is 0 Å². The van der Waals surface area contributed by atoms with E-state index < -0.39 is 0 Å². The van der Waals surface area contributed by atoms with Gasteiger partial charge in [-0.3, -0.25) is 0 Å². The third kappa shape index (κ3) is 1.17. The van der Waals surface area contributed by atoms with E-state index in [1.165, 1.54) is 0 Å². The van der Waals surface area contributed by atoms with E-state index in [0.29, 0.717) is 5.28 Å². The van der Waals surface area contributed by atoms with Crippen LogP contribution < -0.4 is 0 Å². The topological polar surface area (TPSA) is 25.8 Å². The van der Waals surface area contributed by atoms with Crippen molar-refractivity contribution < 1.29 is 1.43 Å². The highest BCUT2D eigenvalue weighted by atomic mass is 35.5.